The van der Waals surface area contributed by atoms with Crippen LogP contribution in [0.5, 0.6) is 0 Å². The lowest BCUT2D eigenvalue weighted by atomic mass is 10.5. The van der Waals surface area contributed by atoms with Crippen LogP contribution in [0.15, 0.2) is 23.6 Å². The van der Waals surface area contributed by atoms with E-state index >= 15 is 0 Å². The van der Waals surface area contributed by atoms with Crippen molar-refractivity contribution in [1.82, 2.24) is 0 Å². The van der Waals surface area contributed by atoms with Crippen LogP contribution in [-0.2, 0) is 0 Å². The van der Waals surface area contributed by atoms with Crippen molar-refractivity contribution >= 4 is 8.07 Å². The Morgan fingerprint density at radius 3 is 1.79 bits per heavy atom. The number of rotatable bonds is 4. The minimum Gasteiger partial charge on any atom is -0.171 e. The minimum atomic E-state index is -4.03. The van der Waals surface area contributed by atoms with E-state index in [0.717, 1.165) is 0 Å². The Kier molecular flexibility index (Phi) is 5.19. The van der Waals surface area contributed by atoms with E-state index in [2.05, 4.69) is 0 Å². The summed E-state index contributed by atoms with van der Waals surface area (Å²) in [4.78, 5) is 0. The molecule has 0 radical (unpaired) electrons. The van der Waals surface area contributed by atoms with E-state index in [0.29, 0.717) is 0 Å². The molecule has 0 amide bonds. The molecule has 14 heavy (non-hydrogen) atoms. The summed E-state index contributed by atoms with van der Waals surface area (Å²) in [5.41, 5.74) is 3.89. The van der Waals surface area contributed by atoms with Crippen molar-refractivity contribution in [1.29, 1.82) is 0 Å². The van der Waals surface area contributed by atoms with Gasteiger partial charge in [0.2, 0.25) is 0 Å². The first-order chi connectivity index (χ1) is 6.33. The van der Waals surface area contributed by atoms with E-state index in [9.17, 15) is 13.2 Å². The predicted octanol–water partition coefficient (Wildman–Crippen LogP) is 4.25. The third-order valence-electron chi connectivity index (χ3n) is 2.04. The van der Waals surface area contributed by atoms with Gasteiger partial charge in [0.05, 0.1) is 8.07 Å². The van der Waals surface area contributed by atoms with Gasteiger partial charge in [0.1, 0.15) is 0 Å². The molecule has 0 fully saturated rings. The molecule has 4 heteroatoms. The molecule has 0 aliphatic heterocycles. The van der Waals surface area contributed by atoms with Gasteiger partial charge in [0.25, 0.3) is 0 Å². The van der Waals surface area contributed by atoms with Crippen molar-refractivity contribution in [2.75, 3.05) is 0 Å². The summed E-state index contributed by atoms with van der Waals surface area (Å²) in [6.07, 6.45) is -1.01. The SMILES string of the molecule is CC=C[Si](C)(C=CC)CCC(F)(F)F. The molecule has 0 bridgehead atoms. The van der Waals surface area contributed by atoms with Gasteiger partial charge in [-0.25, -0.2) is 0 Å². The van der Waals surface area contributed by atoms with E-state index in [-0.39, 0.29) is 6.04 Å². The first-order valence-corrected chi connectivity index (χ1v) is 7.53. The van der Waals surface area contributed by atoms with Crippen molar-refractivity contribution in [3.05, 3.63) is 23.6 Å². The topological polar surface area (TPSA) is 0 Å². The van der Waals surface area contributed by atoms with Crippen LogP contribution in [0.1, 0.15) is 20.3 Å². The molecule has 0 heterocycles. The molecule has 0 aliphatic carbocycles. The second-order valence-electron chi connectivity index (χ2n) is 3.62. The third kappa shape index (κ3) is 6.02. The summed E-state index contributed by atoms with van der Waals surface area (Å²) >= 11 is 0. The summed E-state index contributed by atoms with van der Waals surface area (Å²) in [7, 11) is -1.94. The molecule has 0 nitrogen and oxygen atoms in total. The molecule has 0 aromatic heterocycles. The van der Waals surface area contributed by atoms with Crippen LogP contribution in [0.2, 0.25) is 12.6 Å². The zero-order valence-electron chi connectivity index (χ0n) is 8.86. The maximum Gasteiger partial charge on any atom is 0.388 e. The summed E-state index contributed by atoms with van der Waals surface area (Å²) in [6, 6.07) is 0.241. The van der Waals surface area contributed by atoms with E-state index < -0.39 is 20.7 Å². The van der Waals surface area contributed by atoms with Crippen molar-refractivity contribution in [2.45, 2.75) is 39.0 Å². The average molecular weight is 222 g/mol. The number of halogens is 3. The van der Waals surface area contributed by atoms with Crippen LogP contribution in [0.25, 0.3) is 0 Å². The minimum absolute atomic E-state index is 0.241. The van der Waals surface area contributed by atoms with Crippen LogP contribution >= 0.6 is 0 Å². The lowest BCUT2D eigenvalue weighted by Crippen LogP contribution is -2.27. The predicted molar refractivity (Wildman–Crippen MR) is 56.7 cm³/mol. The third-order valence-corrected chi connectivity index (χ3v) is 5.56. The molecule has 0 saturated heterocycles. The molecule has 0 saturated carbocycles. The van der Waals surface area contributed by atoms with E-state index in [1.807, 2.05) is 43.9 Å². The molecular formula is C10H17F3Si. The van der Waals surface area contributed by atoms with Crippen molar-refractivity contribution < 1.29 is 13.2 Å². The Morgan fingerprint density at radius 2 is 1.50 bits per heavy atom. The Balaban J connectivity index is 4.38. The number of hydrogen-bond donors (Lipinski definition) is 0. The van der Waals surface area contributed by atoms with Gasteiger partial charge in [-0.3, -0.25) is 0 Å². The summed E-state index contributed by atoms with van der Waals surface area (Å²) in [5.74, 6) is 0. The normalized spacial score (nSPS) is 17.9. The molecule has 0 spiro atoms. The molecule has 0 N–H and O–H groups in total. The highest BCUT2D eigenvalue weighted by molar-refractivity contribution is 6.87. The highest BCUT2D eigenvalue weighted by Crippen LogP contribution is 2.27. The van der Waals surface area contributed by atoms with Gasteiger partial charge >= 0.3 is 6.18 Å². The van der Waals surface area contributed by atoms with Crippen LogP contribution in [-0.4, -0.2) is 14.3 Å². The van der Waals surface area contributed by atoms with E-state index in [1.54, 1.807) is 0 Å². The van der Waals surface area contributed by atoms with Crippen LogP contribution in [0, 0.1) is 0 Å². The highest BCUT2D eigenvalue weighted by atomic mass is 28.3. The van der Waals surface area contributed by atoms with Gasteiger partial charge in [0.15, 0.2) is 0 Å². The molecular weight excluding hydrogens is 205 g/mol. The molecule has 0 unspecified atom stereocenters. The Labute approximate surface area is 84.5 Å². The first kappa shape index (κ1) is 13.5. The first-order valence-electron chi connectivity index (χ1n) is 4.67. The van der Waals surface area contributed by atoms with Crippen molar-refractivity contribution in [3.8, 4) is 0 Å². The van der Waals surface area contributed by atoms with Crippen LogP contribution in [0.3, 0.4) is 0 Å². The molecule has 82 valence electrons. The summed E-state index contributed by atoms with van der Waals surface area (Å²) in [5, 5.41) is 0. The van der Waals surface area contributed by atoms with Gasteiger partial charge in [0, 0.05) is 6.42 Å². The molecule has 0 rings (SSSR count). The van der Waals surface area contributed by atoms with Gasteiger partial charge in [-0.15, -0.1) is 0 Å². The van der Waals surface area contributed by atoms with Gasteiger partial charge in [-0.05, 0) is 19.9 Å². The van der Waals surface area contributed by atoms with Crippen molar-refractivity contribution in [3.63, 3.8) is 0 Å². The highest BCUT2D eigenvalue weighted by Gasteiger charge is 2.31. The van der Waals surface area contributed by atoms with Crippen LogP contribution < -0.4 is 0 Å². The lowest BCUT2D eigenvalue weighted by Gasteiger charge is -2.20. The van der Waals surface area contributed by atoms with E-state index in [1.165, 1.54) is 0 Å². The number of allylic oxidation sites excluding steroid dienone is 2. The zero-order valence-corrected chi connectivity index (χ0v) is 9.86. The standard InChI is InChI=1S/C10H17F3Si/c1-4-7-14(3,8-5-2)9-6-10(11,12)13/h4-5,7-8H,6,9H2,1-3H3. The summed E-state index contributed by atoms with van der Waals surface area (Å²) < 4.78 is 36.1. The average Bonchev–Trinajstić information content (AvgIpc) is 2.01. The molecule has 0 aliphatic rings. The van der Waals surface area contributed by atoms with Crippen molar-refractivity contribution in [2.24, 2.45) is 0 Å². The fourth-order valence-corrected chi connectivity index (χ4v) is 4.18. The Hall–Kier alpha value is -0.513. The Morgan fingerprint density at radius 1 is 1.07 bits per heavy atom. The quantitative estimate of drug-likeness (QED) is 0.624. The largest absolute Gasteiger partial charge is 0.388 e. The molecule has 0 aromatic rings. The van der Waals surface area contributed by atoms with Gasteiger partial charge in [-0.1, -0.05) is 30.1 Å². The van der Waals surface area contributed by atoms with Gasteiger partial charge < -0.3 is 0 Å². The monoisotopic (exact) mass is 222 g/mol. The fourth-order valence-electron chi connectivity index (χ4n) is 1.39. The molecule has 0 atom stereocenters. The lowest BCUT2D eigenvalue weighted by molar-refractivity contribution is -0.130. The zero-order chi connectivity index (χ0) is 11.2. The number of hydrogen-bond acceptors (Lipinski definition) is 0. The molecule has 0 aromatic carbocycles. The second kappa shape index (κ2) is 5.39. The van der Waals surface area contributed by atoms with Crippen LogP contribution in [0.4, 0.5) is 13.2 Å². The second-order valence-corrected chi connectivity index (χ2v) is 7.80. The summed E-state index contributed by atoms with van der Waals surface area (Å²) in [6.45, 7) is 5.64. The van der Waals surface area contributed by atoms with E-state index in [4.69, 9.17) is 0 Å². The maximum absolute atomic E-state index is 12.0. The Bertz CT molecular complexity index is 204. The number of alkyl halides is 3. The maximum atomic E-state index is 12.0. The smallest absolute Gasteiger partial charge is 0.171 e. The fraction of sp³-hybridized carbons (Fsp3) is 0.600. The van der Waals surface area contributed by atoms with Gasteiger partial charge in [-0.2, -0.15) is 13.2 Å².